The topological polar surface area (TPSA) is 64.7 Å². The Morgan fingerprint density at radius 2 is 1.76 bits per heavy atom. The number of piperazine rings is 1. The lowest BCUT2D eigenvalue weighted by molar-refractivity contribution is -0.135. The van der Waals surface area contributed by atoms with Crippen LogP contribution in [-0.4, -0.2) is 49.3 Å². The van der Waals surface area contributed by atoms with Crippen LogP contribution in [0.15, 0.2) is 53.0 Å². The average molecular weight is 457 g/mol. The van der Waals surface area contributed by atoms with Gasteiger partial charge in [-0.05, 0) is 48.9 Å². The van der Waals surface area contributed by atoms with Crippen molar-refractivity contribution in [2.75, 3.05) is 37.6 Å². The Bertz CT molecular complexity index is 894. The fourth-order valence-electron chi connectivity index (χ4n) is 4.07. The van der Waals surface area contributed by atoms with E-state index in [0.29, 0.717) is 19.6 Å². The van der Waals surface area contributed by atoms with Gasteiger partial charge in [0.2, 0.25) is 5.91 Å². The molecule has 0 aromatic heterocycles. The zero-order chi connectivity index (χ0) is 20.4. The minimum absolute atomic E-state index is 0.0304. The molecule has 2 heterocycles. The number of hydrazine groups is 1. The van der Waals surface area contributed by atoms with Gasteiger partial charge in [-0.2, -0.15) is 0 Å². The van der Waals surface area contributed by atoms with Crippen molar-refractivity contribution in [3.8, 4) is 0 Å². The first-order chi connectivity index (χ1) is 14.0. The molecule has 152 valence electrons. The second kappa shape index (κ2) is 8.65. The fraction of sp³-hybridized carbons (Fsp3) is 0.364. The van der Waals surface area contributed by atoms with Gasteiger partial charge in [0, 0.05) is 48.4 Å². The third-order valence-corrected chi connectivity index (χ3v) is 6.23. The van der Waals surface area contributed by atoms with E-state index in [0.717, 1.165) is 34.4 Å². The van der Waals surface area contributed by atoms with E-state index in [1.807, 2.05) is 41.3 Å². The van der Waals surface area contributed by atoms with Crippen LogP contribution in [0.2, 0.25) is 0 Å². The number of nitrogens with zero attached hydrogens (tertiary/aromatic N) is 2. The molecule has 2 aromatic rings. The summed E-state index contributed by atoms with van der Waals surface area (Å²) in [4.78, 5) is 28.9. The summed E-state index contributed by atoms with van der Waals surface area (Å²) in [5.41, 5.74) is 9.35. The first-order valence-corrected chi connectivity index (χ1v) is 10.7. The Hall–Kier alpha value is -2.22. The average Bonchev–Trinajstić information content (AvgIpc) is 3.23. The lowest BCUT2D eigenvalue weighted by Crippen LogP contribution is -2.51. The summed E-state index contributed by atoms with van der Waals surface area (Å²) < 4.78 is 1.01. The van der Waals surface area contributed by atoms with Crippen molar-refractivity contribution in [3.05, 3.63) is 64.1 Å². The van der Waals surface area contributed by atoms with Crippen LogP contribution in [0.1, 0.15) is 28.9 Å². The van der Waals surface area contributed by atoms with Crippen LogP contribution in [0.3, 0.4) is 0 Å². The standard InChI is InChI=1S/C22H25BrN4O2/c1-15(28)16-5-7-19(8-6-16)26-9-11-27(12-10-26)22(29)20-14-24-25-21(20)17-3-2-4-18(23)13-17/h2-8,13,20-21,24-25H,9-12,14H2,1H3. The van der Waals surface area contributed by atoms with E-state index < -0.39 is 0 Å². The highest BCUT2D eigenvalue weighted by Gasteiger charge is 2.37. The molecule has 2 atom stereocenters. The number of Topliss-reactive ketones (excluding diaryl/α,β-unsaturated/α-hetero) is 1. The van der Waals surface area contributed by atoms with E-state index in [-0.39, 0.29) is 23.7 Å². The zero-order valence-electron chi connectivity index (χ0n) is 16.4. The number of hydrogen-bond acceptors (Lipinski definition) is 5. The summed E-state index contributed by atoms with van der Waals surface area (Å²) in [5.74, 6) is 0.149. The Labute approximate surface area is 179 Å². The van der Waals surface area contributed by atoms with Gasteiger partial charge in [0.1, 0.15) is 0 Å². The molecule has 2 fully saturated rings. The molecule has 4 rings (SSSR count). The Balaban J connectivity index is 1.39. The van der Waals surface area contributed by atoms with Crippen molar-refractivity contribution < 1.29 is 9.59 Å². The van der Waals surface area contributed by atoms with Crippen LogP contribution in [0.4, 0.5) is 5.69 Å². The maximum atomic E-state index is 13.2. The quantitative estimate of drug-likeness (QED) is 0.692. The first kappa shape index (κ1) is 20.1. The van der Waals surface area contributed by atoms with Crippen molar-refractivity contribution in [1.82, 2.24) is 15.8 Å². The smallest absolute Gasteiger partial charge is 0.229 e. The molecular weight excluding hydrogens is 432 g/mol. The molecule has 6 nitrogen and oxygen atoms in total. The summed E-state index contributed by atoms with van der Waals surface area (Å²) >= 11 is 3.52. The number of benzene rings is 2. The highest BCUT2D eigenvalue weighted by atomic mass is 79.9. The van der Waals surface area contributed by atoms with Gasteiger partial charge in [0.15, 0.2) is 5.78 Å². The predicted octanol–water partition coefficient (Wildman–Crippen LogP) is 2.77. The Morgan fingerprint density at radius 3 is 2.41 bits per heavy atom. The van der Waals surface area contributed by atoms with Gasteiger partial charge in [-0.1, -0.05) is 28.1 Å². The molecule has 2 aliphatic rings. The number of carbonyl (C=O) groups is 2. The Morgan fingerprint density at radius 1 is 1.03 bits per heavy atom. The molecule has 29 heavy (non-hydrogen) atoms. The van der Waals surface area contributed by atoms with Gasteiger partial charge < -0.3 is 9.80 Å². The predicted molar refractivity (Wildman–Crippen MR) is 117 cm³/mol. The second-order valence-electron chi connectivity index (χ2n) is 7.58. The van der Waals surface area contributed by atoms with Crippen molar-refractivity contribution in [2.45, 2.75) is 13.0 Å². The number of carbonyl (C=O) groups excluding carboxylic acids is 2. The molecule has 2 N–H and O–H groups in total. The van der Waals surface area contributed by atoms with E-state index in [9.17, 15) is 9.59 Å². The number of rotatable bonds is 4. The van der Waals surface area contributed by atoms with Gasteiger partial charge in [0.05, 0.1) is 12.0 Å². The number of halogens is 1. The SMILES string of the molecule is CC(=O)c1ccc(N2CCN(C(=O)C3CNNC3c3cccc(Br)c3)CC2)cc1. The normalized spacial score (nSPS) is 22.0. The number of anilines is 1. The molecule has 1 amide bonds. The second-order valence-corrected chi connectivity index (χ2v) is 8.50. The summed E-state index contributed by atoms with van der Waals surface area (Å²) in [6, 6.07) is 15.8. The Kier molecular flexibility index (Phi) is 5.99. The van der Waals surface area contributed by atoms with Crippen LogP contribution in [-0.2, 0) is 4.79 Å². The first-order valence-electron chi connectivity index (χ1n) is 9.91. The number of hydrogen-bond donors (Lipinski definition) is 2. The van der Waals surface area contributed by atoms with Gasteiger partial charge in [-0.15, -0.1) is 0 Å². The molecule has 0 radical (unpaired) electrons. The van der Waals surface area contributed by atoms with Crippen LogP contribution in [0.25, 0.3) is 0 Å². The molecule has 2 saturated heterocycles. The minimum Gasteiger partial charge on any atom is -0.368 e. The van der Waals surface area contributed by atoms with Gasteiger partial charge in [-0.25, -0.2) is 5.43 Å². The highest BCUT2D eigenvalue weighted by Crippen LogP contribution is 2.29. The van der Waals surface area contributed by atoms with E-state index in [2.05, 4.69) is 43.8 Å². The maximum Gasteiger partial charge on any atom is 0.229 e. The van der Waals surface area contributed by atoms with E-state index in [4.69, 9.17) is 0 Å². The molecule has 0 aliphatic carbocycles. The molecule has 0 saturated carbocycles. The molecule has 2 unspecified atom stereocenters. The van der Waals surface area contributed by atoms with Crippen molar-refractivity contribution in [1.29, 1.82) is 0 Å². The molecule has 0 spiro atoms. The fourth-order valence-corrected chi connectivity index (χ4v) is 4.49. The van der Waals surface area contributed by atoms with E-state index >= 15 is 0 Å². The lowest BCUT2D eigenvalue weighted by atomic mass is 9.93. The minimum atomic E-state index is -0.120. The lowest BCUT2D eigenvalue weighted by Gasteiger charge is -2.37. The van der Waals surface area contributed by atoms with Crippen LogP contribution >= 0.6 is 15.9 Å². The zero-order valence-corrected chi connectivity index (χ0v) is 18.0. The maximum absolute atomic E-state index is 13.2. The highest BCUT2D eigenvalue weighted by molar-refractivity contribution is 9.10. The molecule has 2 aliphatic heterocycles. The van der Waals surface area contributed by atoms with E-state index in [1.54, 1.807) is 6.92 Å². The molecule has 2 aromatic carbocycles. The van der Waals surface area contributed by atoms with Crippen molar-refractivity contribution in [2.24, 2.45) is 5.92 Å². The molecule has 7 heteroatoms. The number of ketones is 1. The van der Waals surface area contributed by atoms with Gasteiger partial charge >= 0.3 is 0 Å². The third kappa shape index (κ3) is 4.37. The van der Waals surface area contributed by atoms with Gasteiger partial charge in [-0.3, -0.25) is 15.0 Å². The summed E-state index contributed by atoms with van der Waals surface area (Å²) in [6.07, 6.45) is 0. The monoisotopic (exact) mass is 456 g/mol. The van der Waals surface area contributed by atoms with E-state index in [1.165, 1.54) is 0 Å². The van der Waals surface area contributed by atoms with Crippen LogP contribution in [0.5, 0.6) is 0 Å². The van der Waals surface area contributed by atoms with Crippen LogP contribution in [0, 0.1) is 5.92 Å². The van der Waals surface area contributed by atoms with Gasteiger partial charge in [0.25, 0.3) is 0 Å². The van der Waals surface area contributed by atoms with Crippen molar-refractivity contribution in [3.63, 3.8) is 0 Å². The van der Waals surface area contributed by atoms with Crippen LogP contribution < -0.4 is 15.8 Å². The summed E-state index contributed by atoms with van der Waals surface area (Å²) in [6.45, 7) is 5.20. The third-order valence-electron chi connectivity index (χ3n) is 5.74. The summed E-state index contributed by atoms with van der Waals surface area (Å²) in [5, 5.41) is 0. The molecular formula is C22H25BrN4O2. The number of nitrogens with one attached hydrogen (secondary N) is 2. The largest absolute Gasteiger partial charge is 0.368 e. The molecule has 0 bridgehead atoms. The van der Waals surface area contributed by atoms with Crippen molar-refractivity contribution >= 4 is 33.3 Å². The summed E-state index contributed by atoms with van der Waals surface area (Å²) in [7, 11) is 0. The number of amides is 1.